The Labute approximate surface area is 152 Å². The summed E-state index contributed by atoms with van der Waals surface area (Å²) in [7, 11) is 0. The SMILES string of the molecule is Cc1cccc(C(=O)N2CCCN(C(=O)c3n[nH]c4c3CCC4)CC2)n1. The number of rotatable bonds is 2. The Balaban J connectivity index is 1.45. The normalized spacial score (nSPS) is 17.1. The number of carbonyl (C=O) groups excluding carboxylic acids is 2. The van der Waals surface area contributed by atoms with Crippen molar-refractivity contribution in [1.29, 1.82) is 0 Å². The maximum atomic E-state index is 12.9. The molecule has 7 heteroatoms. The Morgan fingerprint density at radius 2 is 1.77 bits per heavy atom. The summed E-state index contributed by atoms with van der Waals surface area (Å²) in [6, 6.07) is 5.47. The molecule has 1 fully saturated rings. The first-order valence-corrected chi connectivity index (χ1v) is 9.22. The molecule has 1 aliphatic heterocycles. The fourth-order valence-corrected chi connectivity index (χ4v) is 3.79. The Morgan fingerprint density at radius 3 is 2.54 bits per heavy atom. The molecule has 2 aliphatic rings. The lowest BCUT2D eigenvalue weighted by molar-refractivity contribution is 0.0712. The van der Waals surface area contributed by atoms with Gasteiger partial charge in [-0.2, -0.15) is 5.10 Å². The number of fused-ring (bicyclic) bond motifs is 1. The molecule has 1 N–H and O–H groups in total. The van der Waals surface area contributed by atoms with Crippen molar-refractivity contribution in [2.45, 2.75) is 32.6 Å². The zero-order chi connectivity index (χ0) is 18.1. The first kappa shape index (κ1) is 16.8. The quantitative estimate of drug-likeness (QED) is 0.889. The summed E-state index contributed by atoms with van der Waals surface area (Å²) >= 11 is 0. The van der Waals surface area contributed by atoms with Gasteiger partial charge in [-0.15, -0.1) is 0 Å². The largest absolute Gasteiger partial charge is 0.335 e. The van der Waals surface area contributed by atoms with Gasteiger partial charge in [-0.25, -0.2) is 4.98 Å². The minimum absolute atomic E-state index is 0.0209. The standard InChI is InChI=1S/C19H23N5O2/c1-13-5-2-8-16(20-13)18(25)23-9-4-10-24(12-11-23)19(26)17-14-6-3-7-15(14)21-22-17/h2,5,8H,3-4,6-7,9-12H2,1H3,(H,21,22). The van der Waals surface area contributed by atoms with Crippen molar-refractivity contribution in [1.82, 2.24) is 25.0 Å². The summed E-state index contributed by atoms with van der Waals surface area (Å²) in [6.07, 6.45) is 3.73. The molecule has 3 heterocycles. The van der Waals surface area contributed by atoms with Gasteiger partial charge >= 0.3 is 0 Å². The van der Waals surface area contributed by atoms with Crippen LogP contribution in [0.1, 0.15) is 50.8 Å². The smallest absolute Gasteiger partial charge is 0.274 e. The summed E-state index contributed by atoms with van der Waals surface area (Å²) in [5, 5.41) is 7.25. The second kappa shape index (κ2) is 6.90. The summed E-state index contributed by atoms with van der Waals surface area (Å²) in [5.74, 6) is -0.0870. The maximum absolute atomic E-state index is 12.9. The van der Waals surface area contributed by atoms with Crippen molar-refractivity contribution < 1.29 is 9.59 Å². The lowest BCUT2D eigenvalue weighted by atomic mass is 10.2. The van der Waals surface area contributed by atoms with Crippen molar-refractivity contribution in [3.63, 3.8) is 0 Å². The van der Waals surface area contributed by atoms with Crippen LogP contribution in [0, 0.1) is 6.92 Å². The highest BCUT2D eigenvalue weighted by Crippen LogP contribution is 2.24. The third kappa shape index (κ3) is 3.09. The van der Waals surface area contributed by atoms with E-state index in [1.807, 2.05) is 24.0 Å². The van der Waals surface area contributed by atoms with Gasteiger partial charge in [0.2, 0.25) is 0 Å². The van der Waals surface area contributed by atoms with E-state index in [4.69, 9.17) is 0 Å². The number of aryl methyl sites for hydroxylation is 2. The minimum Gasteiger partial charge on any atom is -0.335 e. The van der Waals surface area contributed by atoms with E-state index >= 15 is 0 Å². The topological polar surface area (TPSA) is 82.2 Å². The molecule has 2 aromatic heterocycles. The fraction of sp³-hybridized carbons (Fsp3) is 0.474. The Hall–Kier alpha value is -2.70. The van der Waals surface area contributed by atoms with E-state index in [1.54, 1.807) is 11.0 Å². The second-order valence-corrected chi connectivity index (χ2v) is 6.99. The molecule has 0 unspecified atom stereocenters. The molecule has 2 aromatic rings. The number of aromatic nitrogens is 3. The molecule has 0 radical (unpaired) electrons. The number of carbonyl (C=O) groups is 2. The van der Waals surface area contributed by atoms with Gasteiger partial charge in [0.1, 0.15) is 5.69 Å². The van der Waals surface area contributed by atoms with Crippen molar-refractivity contribution in [3.8, 4) is 0 Å². The maximum Gasteiger partial charge on any atom is 0.274 e. The fourth-order valence-electron chi connectivity index (χ4n) is 3.79. The molecule has 0 aromatic carbocycles. The van der Waals surface area contributed by atoms with E-state index in [-0.39, 0.29) is 11.8 Å². The van der Waals surface area contributed by atoms with E-state index in [1.165, 1.54) is 0 Å². The molecule has 0 spiro atoms. The van der Waals surface area contributed by atoms with Crippen LogP contribution < -0.4 is 0 Å². The summed E-state index contributed by atoms with van der Waals surface area (Å²) in [4.78, 5) is 33.5. The van der Waals surface area contributed by atoms with Crippen molar-refractivity contribution in [2.75, 3.05) is 26.2 Å². The van der Waals surface area contributed by atoms with Gasteiger partial charge in [-0.05, 0) is 44.7 Å². The molecule has 0 bridgehead atoms. The van der Waals surface area contributed by atoms with E-state index in [2.05, 4.69) is 15.2 Å². The third-order valence-electron chi connectivity index (χ3n) is 5.19. The number of hydrogen-bond donors (Lipinski definition) is 1. The average Bonchev–Trinajstić information content (AvgIpc) is 3.17. The highest BCUT2D eigenvalue weighted by molar-refractivity contribution is 5.94. The van der Waals surface area contributed by atoms with E-state index in [0.29, 0.717) is 37.6 Å². The van der Waals surface area contributed by atoms with Crippen molar-refractivity contribution in [3.05, 3.63) is 46.5 Å². The number of pyridine rings is 1. The number of hydrogen-bond acceptors (Lipinski definition) is 4. The third-order valence-corrected chi connectivity index (χ3v) is 5.19. The van der Waals surface area contributed by atoms with Gasteiger partial charge in [-0.1, -0.05) is 6.07 Å². The molecule has 1 aliphatic carbocycles. The van der Waals surface area contributed by atoms with E-state index in [0.717, 1.165) is 42.6 Å². The minimum atomic E-state index is -0.0661. The van der Waals surface area contributed by atoms with Gasteiger partial charge in [0.15, 0.2) is 5.69 Å². The van der Waals surface area contributed by atoms with E-state index in [9.17, 15) is 9.59 Å². The van der Waals surface area contributed by atoms with Crippen LogP contribution in [0.4, 0.5) is 0 Å². The van der Waals surface area contributed by atoms with Gasteiger partial charge in [0, 0.05) is 43.1 Å². The van der Waals surface area contributed by atoms with Crippen LogP contribution in [0.15, 0.2) is 18.2 Å². The van der Waals surface area contributed by atoms with Crippen LogP contribution in [-0.4, -0.2) is 63.0 Å². The molecule has 26 heavy (non-hydrogen) atoms. The molecule has 4 rings (SSSR count). The first-order valence-electron chi connectivity index (χ1n) is 9.22. The van der Waals surface area contributed by atoms with Crippen LogP contribution in [0.3, 0.4) is 0 Å². The number of H-pyrrole nitrogens is 1. The monoisotopic (exact) mass is 353 g/mol. The van der Waals surface area contributed by atoms with Gasteiger partial charge in [-0.3, -0.25) is 14.7 Å². The average molecular weight is 353 g/mol. The lowest BCUT2D eigenvalue weighted by Gasteiger charge is -2.21. The molecule has 1 saturated heterocycles. The lowest BCUT2D eigenvalue weighted by Crippen LogP contribution is -2.38. The summed E-state index contributed by atoms with van der Waals surface area (Å²) < 4.78 is 0. The van der Waals surface area contributed by atoms with Crippen LogP contribution in [0.5, 0.6) is 0 Å². The molecule has 0 atom stereocenters. The van der Waals surface area contributed by atoms with Gasteiger partial charge in [0.05, 0.1) is 0 Å². The molecule has 7 nitrogen and oxygen atoms in total. The Kier molecular flexibility index (Phi) is 4.44. The number of nitrogens with one attached hydrogen (secondary N) is 1. The van der Waals surface area contributed by atoms with Crippen molar-refractivity contribution in [2.24, 2.45) is 0 Å². The van der Waals surface area contributed by atoms with Gasteiger partial charge < -0.3 is 9.80 Å². The zero-order valence-corrected chi connectivity index (χ0v) is 15.0. The van der Waals surface area contributed by atoms with Crippen LogP contribution in [-0.2, 0) is 12.8 Å². The van der Waals surface area contributed by atoms with Crippen LogP contribution >= 0.6 is 0 Å². The molecular weight excluding hydrogens is 330 g/mol. The molecular formula is C19H23N5O2. The number of aromatic amines is 1. The number of nitrogens with zero attached hydrogens (tertiary/aromatic N) is 4. The predicted octanol–water partition coefficient (Wildman–Crippen LogP) is 1.59. The second-order valence-electron chi connectivity index (χ2n) is 6.99. The molecule has 136 valence electrons. The number of amides is 2. The Morgan fingerprint density at radius 1 is 1.00 bits per heavy atom. The van der Waals surface area contributed by atoms with Crippen molar-refractivity contribution >= 4 is 11.8 Å². The van der Waals surface area contributed by atoms with Crippen LogP contribution in [0.25, 0.3) is 0 Å². The molecule has 2 amide bonds. The highest BCUT2D eigenvalue weighted by Gasteiger charge is 2.29. The summed E-state index contributed by atoms with van der Waals surface area (Å²) in [6.45, 7) is 4.20. The Bertz CT molecular complexity index is 844. The van der Waals surface area contributed by atoms with Crippen LogP contribution in [0.2, 0.25) is 0 Å². The zero-order valence-electron chi connectivity index (χ0n) is 15.0. The first-order chi connectivity index (χ1) is 12.6. The summed E-state index contributed by atoms with van der Waals surface area (Å²) in [5.41, 5.74) is 4.05. The molecule has 0 saturated carbocycles. The highest BCUT2D eigenvalue weighted by atomic mass is 16.2. The van der Waals surface area contributed by atoms with Gasteiger partial charge in [0.25, 0.3) is 11.8 Å². The predicted molar refractivity (Wildman–Crippen MR) is 96.0 cm³/mol. The van der Waals surface area contributed by atoms with E-state index < -0.39 is 0 Å².